The van der Waals surface area contributed by atoms with Gasteiger partial charge in [0.2, 0.25) is 0 Å². The van der Waals surface area contributed by atoms with Gasteiger partial charge in [0, 0.05) is 6.54 Å². The number of nitrogens with one attached hydrogen (secondary N) is 1. The molecule has 0 saturated heterocycles. The minimum atomic E-state index is -0.540. The zero-order chi connectivity index (χ0) is 15.1. The van der Waals surface area contributed by atoms with Crippen LogP contribution in [0.2, 0.25) is 0 Å². The normalized spacial score (nSPS) is 10.2. The summed E-state index contributed by atoms with van der Waals surface area (Å²) in [6, 6.07) is 11.8. The Morgan fingerprint density at radius 2 is 1.43 bits per heavy atom. The number of halogens is 2. The molecule has 2 aromatic carbocycles. The van der Waals surface area contributed by atoms with E-state index in [-0.39, 0.29) is 18.2 Å². The maximum absolute atomic E-state index is 12.7. The number of alkyl carbamates (subject to hydrolysis) is 1. The molecule has 0 aliphatic rings. The molecule has 0 aliphatic carbocycles. The van der Waals surface area contributed by atoms with Crippen molar-refractivity contribution < 1.29 is 18.3 Å². The fourth-order valence-corrected chi connectivity index (χ4v) is 1.74. The van der Waals surface area contributed by atoms with Crippen LogP contribution in [0.1, 0.15) is 11.1 Å². The fourth-order valence-electron chi connectivity index (χ4n) is 1.74. The lowest BCUT2D eigenvalue weighted by Crippen LogP contribution is -2.26. The maximum atomic E-state index is 12.7. The van der Waals surface area contributed by atoms with Gasteiger partial charge in [0.25, 0.3) is 0 Å². The molecule has 0 aliphatic heterocycles. The van der Waals surface area contributed by atoms with Crippen molar-refractivity contribution in [3.05, 3.63) is 71.3 Å². The predicted molar refractivity (Wildman–Crippen MR) is 74.7 cm³/mol. The summed E-state index contributed by atoms with van der Waals surface area (Å²) < 4.78 is 30.4. The first-order valence-electron chi connectivity index (χ1n) is 6.53. The van der Waals surface area contributed by atoms with E-state index in [1.54, 1.807) is 24.3 Å². The van der Waals surface area contributed by atoms with Gasteiger partial charge in [-0.2, -0.15) is 0 Å². The van der Waals surface area contributed by atoms with Gasteiger partial charge in [-0.1, -0.05) is 24.3 Å². The first-order chi connectivity index (χ1) is 10.1. The number of amides is 1. The zero-order valence-corrected chi connectivity index (χ0v) is 11.3. The third kappa shape index (κ3) is 5.22. The van der Waals surface area contributed by atoms with Gasteiger partial charge in [0.1, 0.15) is 18.2 Å². The van der Waals surface area contributed by atoms with Gasteiger partial charge >= 0.3 is 6.09 Å². The van der Waals surface area contributed by atoms with Crippen LogP contribution in [0.3, 0.4) is 0 Å². The quantitative estimate of drug-likeness (QED) is 0.916. The average molecular weight is 291 g/mol. The Hall–Kier alpha value is -2.43. The van der Waals surface area contributed by atoms with Crippen molar-refractivity contribution in [2.45, 2.75) is 13.0 Å². The molecule has 0 radical (unpaired) electrons. The highest BCUT2D eigenvalue weighted by Gasteiger charge is 2.03. The van der Waals surface area contributed by atoms with Gasteiger partial charge in [-0.15, -0.1) is 0 Å². The molecule has 0 spiro atoms. The lowest BCUT2D eigenvalue weighted by molar-refractivity contribution is 0.140. The van der Waals surface area contributed by atoms with E-state index < -0.39 is 6.09 Å². The summed E-state index contributed by atoms with van der Waals surface area (Å²) in [4.78, 5) is 11.5. The molecule has 5 heteroatoms. The van der Waals surface area contributed by atoms with E-state index in [0.717, 1.165) is 5.56 Å². The molecule has 0 heterocycles. The third-order valence-corrected chi connectivity index (χ3v) is 2.88. The summed E-state index contributed by atoms with van der Waals surface area (Å²) in [6.45, 7) is 0.483. The summed E-state index contributed by atoms with van der Waals surface area (Å²) >= 11 is 0. The van der Waals surface area contributed by atoms with E-state index >= 15 is 0 Å². The SMILES string of the molecule is O=C(NCCc1ccc(F)cc1)OCc1ccc(F)cc1. The van der Waals surface area contributed by atoms with E-state index in [1.165, 1.54) is 24.3 Å². The molecule has 1 amide bonds. The van der Waals surface area contributed by atoms with Gasteiger partial charge < -0.3 is 10.1 Å². The molecular weight excluding hydrogens is 276 g/mol. The molecular formula is C16H15F2NO2. The van der Waals surface area contributed by atoms with Crippen LogP contribution in [0.15, 0.2) is 48.5 Å². The summed E-state index contributed by atoms with van der Waals surface area (Å²) in [7, 11) is 0. The third-order valence-electron chi connectivity index (χ3n) is 2.88. The number of hydrogen-bond acceptors (Lipinski definition) is 2. The molecule has 21 heavy (non-hydrogen) atoms. The average Bonchev–Trinajstić information content (AvgIpc) is 2.49. The van der Waals surface area contributed by atoms with E-state index in [4.69, 9.17) is 4.74 Å². The first kappa shape index (κ1) is 15.0. The van der Waals surface area contributed by atoms with Crippen LogP contribution in [-0.4, -0.2) is 12.6 Å². The lowest BCUT2D eigenvalue weighted by atomic mass is 10.1. The van der Waals surface area contributed by atoms with Crippen LogP contribution in [-0.2, 0) is 17.8 Å². The Balaban J connectivity index is 1.67. The predicted octanol–water partition coefficient (Wildman–Crippen LogP) is 3.43. The molecule has 0 unspecified atom stereocenters. The summed E-state index contributed by atoms with van der Waals surface area (Å²) in [6.07, 6.45) is 0.0489. The number of carbonyl (C=O) groups excluding carboxylic acids is 1. The highest BCUT2D eigenvalue weighted by atomic mass is 19.1. The maximum Gasteiger partial charge on any atom is 0.407 e. The lowest BCUT2D eigenvalue weighted by Gasteiger charge is -2.07. The van der Waals surface area contributed by atoms with E-state index in [1.807, 2.05) is 0 Å². The van der Waals surface area contributed by atoms with Crippen LogP contribution < -0.4 is 5.32 Å². The van der Waals surface area contributed by atoms with Crippen LogP contribution >= 0.6 is 0 Å². The Kier molecular flexibility index (Phi) is 5.26. The number of benzene rings is 2. The van der Waals surface area contributed by atoms with Gasteiger partial charge in [0.05, 0.1) is 0 Å². The molecule has 0 fully saturated rings. The Labute approximate surface area is 121 Å². The molecule has 0 saturated carbocycles. The summed E-state index contributed by atoms with van der Waals surface area (Å²) in [5.74, 6) is -0.618. The topological polar surface area (TPSA) is 38.3 Å². The van der Waals surface area contributed by atoms with Crippen molar-refractivity contribution >= 4 is 6.09 Å². The van der Waals surface area contributed by atoms with Gasteiger partial charge in [-0.05, 0) is 41.8 Å². The second-order valence-corrected chi connectivity index (χ2v) is 4.51. The Bertz CT molecular complexity index is 582. The smallest absolute Gasteiger partial charge is 0.407 e. The van der Waals surface area contributed by atoms with Crippen LogP contribution in [0.5, 0.6) is 0 Å². The molecule has 0 aromatic heterocycles. The van der Waals surface area contributed by atoms with Gasteiger partial charge in [0.15, 0.2) is 0 Å². The minimum Gasteiger partial charge on any atom is -0.445 e. The van der Waals surface area contributed by atoms with Crippen LogP contribution in [0.4, 0.5) is 13.6 Å². The van der Waals surface area contributed by atoms with Crippen molar-refractivity contribution in [1.29, 1.82) is 0 Å². The number of carbonyl (C=O) groups is 1. The molecule has 110 valence electrons. The molecule has 0 atom stereocenters. The number of hydrogen-bond donors (Lipinski definition) is 1. The van der Waals surface area contributed by atoms with E-state index in [9.17, 15) is 13.6 Å². The summed E-state index contributed by atoms with van der Waals surface area (Å²) in [5.41, 5.74) is 1.64. The molecule has 2 aromatic rings. The van der Waals surface area contributed by atoms with Gasteiger partial charge in [-0.25, -0.2) is 13.6 Å². The molecule has 3 nitrogen and oxygen atoms in total. The van der Waals surface area contributed by atoms with Crippen molar-refractivity contribution in [2.75, 3.05) is 6.54 Å². The van der Waals surface area contributed by atoms with Crippen molar-refractivity contribution in [2.24, 2.45) is 0 Å². The zero-order valence-electron chi connectivity index (χ0n) is 11.3. The minimum absolute atomic E-state index is 0.0860. The molecule has 0 bridgehead atoms. The molecule has 2 rings (SSSR count). The first-order valence-corrected chi connectivity index (χ1v) is 6.53. The van der Waals surface area contributed by atoms with Crippen molar-refractivity contribution in [1.82, 2.24) is 5.32 Å². The van der Waals surface area contributed by atoms with E-state index in [0.29, 0.717) is 18.5 Å². The van der Waals surface area contributed by atoms with Gasteiger partial charge in [-0.3, -0.25) is 0 Å². The second kappa shape index (κ2) is 7.38. The fraction of sp³-hybridized carbons (Fsp3) is 0.188. The Morgan fingerprint density at radius 1 is 0.905 bits per heavy atom. The second-order valence-electron chi connectivity index (χ2n) is 4.51. The number of rotatable bonds is 5. The largest absolute Gasteiger partial charge is 0.445 e. The highest BCUT2D eigenvalue weighted by Crippen LogP contribution is 2.05. The standard InChI is InChI=1S/C16H15F2NO2/c17-14-5-1-12(2-6-14)9-10-19-16(20)21-11-13-3-7-15(18)8-4-13/h1-8H,9-11H2,(H,19,20). The Morgan fingerprint density at radius 3 is 2.00 bits per heavy atom. The number of ether oxygens (including phenoxy) is 1. The highest BCUT2D eigenvalue weighted by molar-refractivity contribution is 5.67. The van der Waals surface area contributed by atoms with E-state index in [2.05, 4.69) is 5.32 Å². The monoisotopic (exact) mass is 291 g/mol. The molecule has 1 N–H and O–H groups in total. The van der Waals surface area contributed by atoms with Crippen LogP contribution in [0, 0.1) is 11.6 Å². The van der Waals surface area contributed by atoms with Crippen LogP contribution in [0.25, 0.3) is 0 Å². The van der Waals surface area contributed by atoms with Crippen molar-refractivity contribution in [3.8, 4) is 0 Å². The summed E-state index contributed by atoms with van der Waals surface area (Å²) in [5, 5.41) is 2.60. The van der Waals surface area contributed by atoms with Crippen molar-refractivity contribution in [3.63, 3.8) is 0 Å².